The van der Waals surface area contributed by atoms with E-state index in [0.29, 0.717) is 6.54 Å². The summed E-state index contributed by atoms with van der Waals surface area (Å²) >= 11 is 0. The number of nitrogens with one attached hydrogen (secondary N) is 1. The van der Waals surface area contributed by atoms with E-state index in [2.05, 4.69) is 22.3 Å². The number of amides is 2. The third-order valence-corrected chi connectivity index (χ3v) is 5.15. The molecule has 2 amide bonds. The molecule has 3 rings (SSSR count). The average molecular weight is 380 g/mol. The molecule has 1 saturated heterocycles. The third kappa shape index (κ3) is 5.59. The van der Waals surface area contributed by atoms with Crippen molar-refractivity contribution in [2.45, 2.75) is 39.7 Å². The van der Waals surface area contributed by atoms with Gasteiger partial charge in [-0.2, -0.15) is 0 Å². The number of nitrogens with zero attached hydrogens (tertiary/aromatic N) is 2. The molecule has 0 saturated carbocycles. The van der Waals surface area contributed by atoms with E-state index < -0.39 is 0 Å². The molecule has 1 fully saturated rings. The molecule has 5 heteroatoms. The van der Waals surface area contributed by atoms with Crippen molar-refractivity contribution < 1.29 is 9.59 Å². The highest BCUT2D eigenvalue weighted by Gasteiger charge is 2.15. The largest absolute Gasteiger partial charge is 0.372 e. The number of anilines is 2. The highest BCUT2D eigenvalue weighted by Crippen LogP contribution is 2.21. The second-order valence-electron chi connectivity index (χ2n) is 7.50. The van der Waals surface area contributed by atoms with Gasteiger partial charge in [0, 0.05) is 37.9 Å². The first kappa shape index (κ1) is 19.9. The van der Waals surface area contributed by atoms with Gasteiger partial charge in [0.25, 0.3) is 0 Å². The van der Waals surface area contributed by atoms with Gasteiger partial charge in [-0.05, 0) is 56.0 Å². The Kier molecular flexibility index (Phi) is 6.69. The second-order valence-corrected chi connectivity index (χ2v) is 7.50. The Balaban J connectivity index is 1.56. The lowest BCUT2D eigenvalue weighted by atomic mass is 10.1. The number of benzene rings is 2. The molecule has 1 heterocycles. The molecule has 148 valence electrons. The van der Waals surface area contributed by atoms with Crippen molar-refractivity contribution in [1.82, 2.24) is 4.90 Å². The van der Waals surface area contributed by atoms with E-state index in [0.717, 1.165) is 24.3 Å². The van der Waals surface area contributed by atoms with Crippen LogP contribution < -0.4 is 10.2 Å². The molecule has 28 heavy (non-hydrogen) atoms. The summed E-state index contributed by atoms with van der Waals surface area (Å²) in [7, 11) is 0. The number of carbonyl (C=O) groups excluding carboxylic acids is 2. The first-order valence-corrected chi connectivity index (χ1v) is 9.97. The fourth-order valence-electron chi connectivity index (χ4n) is 3.47. The minimum Gasteiger partial charge on any atom is -0.372 e. The van der Waals surface area contributed by atoms with Crippen molar-refractivity contribution in [3.8, 4) is 0 Å². The maximum atomic E-state index is 12.4. The zero-order valence-corrected chi connectivity index (χ0v) is 16.8. The van der Waals surface area contributed by atoms with Crippen LogP contribution in [-0.4, -0.2) is 36.3 Å². The summed E-state index contributed by atoms with van der Waals surface area (Å²) in [6, 6.07) is 16.0. The van der Waals surface area contributed by atoms with Gasteiger partial charge in [-0.15, -0.1) is 0 Å². The van der Waals surface area contributed by atoms with Crippen LogP contribution in [-0.2, 0) is 16.1 Å². The van der Waals surface area contributed by atoms with Gasteiger partial charge in [-0.25, -0.2) is 0 Å². The maximum Gasteiger partial charge on any atom is 0.244 e. The molecule has 5 nitrogen and oxygen atoms in total. The first-order valence-electron chi connectivity index (χ1n) is 9.97. The Labute approximate surface area is 167 Å². The molecule has 0 atom stereocenters. The fraction of sp³-hybridized carbons (Fsp3) is 0.391. The molecule has 0 aliphatic carbocycles. The molecular formula is C23H29N3O2. The van der Waals surface area contributed by atoms with Gasteiger partial charge in [0.2, 0.25) is 11.8 Å². The SMILES string of the molecule is CC(=O)N(CC(=O)Nc1ccc(N2CCCCC2)cc1)Cc1ccc(C)cc1. The van der Waals surface area contributed by atoms with Gasteiger partial charge in [0.15, 0.2) is 0 Å². The van der Waals surface area contributed by atoms with E-state index in [4.69, 9.17) is 0 Å². The van der Waals surface area contributed by atoms with E-state index in [9.17, 15) is 9.59 Å². The highest BCUT2D eigenvalue weighted by molar-refractivity contribution is 5.94. The summed E-state index contributed by atoms with van der Waals surface area (Å²) in [5.41, 5.74) is 4.13. The van der Waals surface area contributed by atoms with Crippen LogP contribution in [0.1, 0.15) is 37.3 Å². The average Bonchev–Trinajstić information content (AvgIpc) is 2.70. The Bertz CT molecular complexity index is 794. The van der Waals surface area contributed by atoms with Crippen molar-refractivity contribution in [1.29, 1.82) is 0 Å². The highest BCUT2D eigenvalue weighted by atomic mass is 16.2. The van der Waals surface area contributed by atoms with Crippen molar-refractivity contribution in [3.63, 3.8) is 0 Å². The maximum absolute atomic E-state index is 12.4. The van der Waals surface area contributed by atoms with E-state index in [1.165, 1.54) is 37.4 Å². The molecule has 2 aromatic rings. The van der Waals surface area contributed by atoms with E-state index in [1.807, 2.05) is 43.3 Å². The lowest BCUT2D eigenvalue weighted by Gasteiger charge is -2.28. The lowest BCUT2D eigenvalue weighted by molar-refractivity contribution is -0.133. The van der Waals surface area contributed by atoms with Crippen LogP contribution in [0, 0.1) is 6.92 Å². The van der Waals surface area contributed by atoms with Crippen LogP contribution in [0.15, 0.2) is 48.5 Å². The zero-order chi connectivity index (χ0) is 19.9. The minimum atomic E-state index is -0.187. The van der Waals surface area contributed by atoms with E-state index >= 15 is 0 Å². The molecule has 0 unspecified atom stereocenters. The van der Waals surface area contributed by atoms with Gasteiger partial charge in [-0.1, -0.05) is 29.8 Å². The Hall–Kier alpha value is -2.82. The second kappa shape index (κ2) is 9.40. The predicted octanol–water partition coefficient (Wildman–Crippen LogP) is 3.97. The van der Waals surface area contributed by atoms with Crippen molar-refractivity contribution in [3.05, 3.63) is 59.7 Å². The smallest absolute Gasteiger partial charge is 0.244 e. The third-order valence-electron chi connectivity index (χ3n) is 5.15. The fourth-order valence-corrected chi connectivity index (χ4v) is 3.47. The lowest BCUT2D eigenvalue weighted by Crippen LogP contribution is -2.36. The molecule has 1 aliphatic heterocycles. The van der Waals surface area contributed by atoms with Crippen LogP contribution >= 0.6 is 0 Å². The van der Waals surface area contributed by atoms with Crippen LogP contribution in [0.3, 0.4) is 0 Å². The zero-order valence-electron chi connectivity index (χ0n) is 16.8. The molecule has 2 aromatic carbocycles. The van der Waals surface area contributed by atoms with E-state index in [-0.39, 0.29) is 18.4 Å². The van der Waals surface area contributed by atoms with Gasteiger partial charge in [0.1, 0.15) is 6.54 Å². The van der Waals surface area contributed by atoms with Gasteiger partial charge >= 0.3 is 0 Å². The van der Waals surface area contributed by atoms with Crippen molar-refractivity contribution in [2.75, 3.05) is 29.9 Å². The number of hydrogen-bond acceptors (Lipinski definition) is 3. The molecule has 0 bridgehead atoms. The number of aryl methyl sites for hydroxylation is 1. The summed E-state index contributed by atoms with van der Waals surface area (Å²) in [5.74, 6) is -0.302. The first-order chi connectivity index (χ1) is 13.5. The number of piperidine rings is 1. The van der Waals surface area contributed by atoms with Gasteiger partial charge in [0.05, 0.1) is 0 Å². The summed E-state index contributed by atoms with van der Waals surface area (Å²) < 4.78 is 0. The molecule has 0 aromatic heterocycles. The van der Waals surface area contributed by atoms with E-state index in [1.54, 1.807) is 4.90 Å². The van der Waals surface area contributed by atoms with Crippen LogP contribution in [0.5, 0.6) is 0 Å². The molecular weight excluding hydrogens is 350 g/mol. The predicted molar refractivity (Wildman–Crippen MR) is 113 cm³/mol. The summed E-state index contributed by atoms with van der Waals surface area (Å²) in [6.45, 7) is 6.18. The Morgan fingerprint density at radius 1 is 0.964 bits per heavy atom. The minimum absolute atomic E-state index is 0.0388. The number of carbonyl (C=O) groups is 2. The molecule has 1 N–H and O–H groups in total. The van der Waals surface area contributed by atoms with Crippen molar-refractivity contribution in [2.24, 2.45) is 0 Å². The molecule has 1 aliphatic rings. The number of hydrogen-bond donors (Lipinski definition) is 1. The summed E-state index contributed by atoms with van der Waals surface area (Å²) in [4.78, 5) is 28.3. The monoisotopic (exact) mass is 379 g/mol. The molecule has 0 spiro atoms. The van der Waals surface area contributed by atoms with Crippen LogP contribution in [0.25, 0.3) is 0 Å². The Morgan fingerprint density at radius 2 is 1.61 bits per heavy atom. The van der Waals surface area contributed by atoms with Crippen LogP contribution in [0.4, 0.5) is 11.4 Å². The standard InChI is InChI=1S/C23H29N3O2/c1-18-6-8-20(9-7-18)16-26(19(2)27)17-23(28)24-21-10-12-22(13-11-21)25-14-4-3-5-15-25/h6-13H,3-5,14-17H2,1-2H3,(H,24,28). The van der Waals surface area contributed by atoms with Crippen LogP contribution in [0.2, 0.25) is 0 Å². The topological polar surface area (TPSA) is 52.7 Å². The van der Waals surface area contributed by atoms with Gasteiger partial charge in [-0.3, -0.25) is 9.59 Å². The quantitative estimate of drug-likeness (QED) is 0.826. The molecule has 0 radical (unpaired) electrons. The summed E-state index contributed by atoms with van der Waals surface area (Å²) in [5, 5.41) is 2.90. The number of rotatable bonds is 6. The normalized spacial score (nSPS) is 13.9. The summed E-state index contributed by atoms with van der Waals surface area (Å²) in [6.07, 6.45) is 3.78. The van der Waals surface area contributed by atoms with Crippen molar-refractivity contribution >= 4 is 23.2 Å². The Morgan fingerprint density at radius 3 is 2.21 bits per heavy atom. The van der Waals surface area contributed by atoms with Gasteiger partial charge < -0.3 is 15.1 Å².